The molecule has 2 rings (SSSR count). The lowest BCUT2D eigenvalue weighted by Crippen LogP contribution is -2.40. The molecule has 1 fully saturated rings. The zero-order valence-corrected chi connectivity index (χ0v) is 11.3. The van der Waals surface area contributed by atoms with Crippen molar-refractivity contribution < 1.29 is 8.78 Å². The SMILES string of the molecule is CCNc1nc(NC2CCCN(C)C2)c(F)cc1F. The normalized spacial score (nSPS) is 20.3. The molecule has 0 bridgehead atoms. The van der Waals surface area contributed by atoms with Crippen LogP contribution in [0.3, 0.4) is 0 Å². The Labute approximate surface area is 112 Å². The second-order valence-corrected chi connectivity index (χ2v) is 4.93. The fraction of sp³-hybridized carbons (Fsp3) is 0.615. The van der Waals surface area contributed by atoms with Crippen molar-refractivity contribution in [1.82, 2.24) is 9.88 Å². The second kappa shape index (κ2) is 6.14. The van der Waals surface area contributed by atoms with Crippen LogP contribution in [0.4, 0.5) is 20.4 Å². The fourth-order valence-electron chi connectivity index (χ4n) is 2.34. The van der Waals surface area contributed by atoms with Crippen LogP contribution in [-0.4, -0.2) is 42.6 Å². The van der Waals surface area contributed by atoms with Crippen molar-refractivity contribution in [3.63, 3.8) is 0 Å². The largest absolute Gasteiger partial charge is 0.368 e. The van der Waals surface area contributed by atoms with Crippen molar-refractivity contribution in [3.8, 4) is 0 Å². The van der Waals surface area contributed by atoms with Gasteiger partial charge in [-0.2, -0.15) is 0 Å². The predicted molar refractivity (Wildman–Crippen MR) is 72.5 cm³/mol. The van der Waals surface area contributed by atoms with E-state index in [0.29, 0.717) is 6.54 Å². The summed E-state index contributed by atoms with van der Waals surface area (Å²) in [6.45, 7) is 4.28. The molecule has 1 atom stereocenters. The molecule has 1 unspecified atom stereocenters. The minimum absolute atomic E-state index is 0.0931. The van der Waals surface area contributed by atoms with Gasteiger partial charge in [0.25, 0.3) is 0 Å². The molecular formula is C13H20F2N4. The van der Waals surface area contributed by atoms with Gasteiger partial charge in [-0.1, -0.05) is 0 Å². The Morgan fingerprint density at radius 2 is 2.11 bits per heavy atom. The van der Waals surface area contributed by atoms with Gasteiger partial charge in [-0.15, -0.1) is 0 Å². The molecule has 6 heteroatoms. The van der Waals surface area contributed by atoms with Crippen molar-refractivity contribution >= 4 is 11.6 Å². The number of likely N-dealkylation sites (N-methyl/N-ethyl adjacent to an activating group) is 1. The number of anilines is 2. The molecule has 2 N–H and O–H groups in total. The molecule has 19 heavy (non-hydrogen) atoms. The zero-order chi connectivity index (χ0) is 13.8. The minimum Gasteiger partial charge on any atom is -0.368 e. The van der Waals surface area contributed by atoms with Gasteiger partial charge in [-0.25, -0.2) is 13.8 Å². The summed E-state index contributed by atoms with van der Waals surface area (Å²) in [5.74, 6) is -1.09. The highest BCUT2D eigenvalue weighted by Gasteiger charge is 2.20. The van der Waals surface area contributed by atoms with Crippen molar-refractivity contribution in [2.45, 2.75) is 25.8 Å². The van der Waals surface area contributed by atoms with E-state index < -0.39 is 11.6 Å². The summed E-state index contributed by atoms with van der Waals surface area (Å²) in [6.07, 6.45) is 2.04. The van der Waals surface area contributed by atoms with Crippen LogP contribution in [0.25, 0.3) is 0 Å². The molecule has 1 aromatic heterocycles. The van der Waals surface area contributed by atoms with E-state index in [1.54, 1.807) is 0 Å². The first-order chi connectivity index (χ1) is 9.10. The van der Waals surface area contributed by atoms with Crippen LogP contribution >= 0.6 is 0 Å². The molecule has 0 radical (unpaired) electrons. The summed E-state index contributed by atoms with van der Waals surface area (Å²) in [5, 5.41) is 5.86. The highest BCUT2D eigenvalue weighted by molar-refractivity contribution is 5.48. The summed E-state index contributed by atoms with van der Waals surface area (Å²) in [5.41, 5.74) is 0. The van der Waals surface area contributed by atoms with E-state index in [1.165, 1.54) is 0 Å². The van der Waals surface area contributed by atoms with Gasteiger partial charge in [-0.3, -0.25) is 0 Å². The van der Waals surface area contributed by atoms with Crippen LogP contribution < -0.4 is 10.6 Å². The Morgan fingerprint density at radius 1 is 1.37 bits per heavy atom. The average molecular weight is 270 g/mol. The quantitative estimate of drug-likeness (QED) is 0.880. The highest BCUT2D eigenvalue weighted by Crippen LogP contribution is 2.21. The number of hydrogen-bond acceptors (Lipinski definition) is 4. The molecule has 1 aromatic rings. The molecule has 0 aliphatic carbocycles. The van der Waals surface area contributed by atoms with Gasteiger partial charge >= 0.3 is 0 Å². The summed E-state index contributed by atoms with van der Waals surface area (Å²) >= 11 is 0. The van der Waals surface area contributed by atoms with Crippen LogP contribution in [0, 0.1) is 11.6 Å². The number of rotatable bonds is 4. The van der Waals surface area contributed by atoms with Gasteiger partial charge in [0.05, 0.1) is 0 Å². The lowest BCUT2D eigenvalue weighted by molar-refractivity contribution is 0.260. The van der Waals surface area contributed by atoms with E-state index in [4.69, 9.17) is 0 Å². The van der Waals surface area contributed by atoms with Gasteiger partial charge in [0, 0.05) is 25.2 Å². The molecule has 1 aliphatic rings. The number of aromatic nitrogens is 1. The Bertz CT molecular complexity index is 439. The van der Waals surface area contributed by atoms with Gasteiger partial charge in [0.1, 0.15) is 0 Å². The maximum atomic E-state index is 13.7. The smallest absolute Gasteiger partial charge is 0.168 e. The lowest BCUT2D eigenvalue weighted by atomic mass is 10.1. The summed E-state index contributed by atoms with van der Waals surface area (Å²) < 4.78 is 27.2. The standard InChI is InChI=1S/C13H20F2N4/c1-3-16-12-10(14)7-11(15)13(18-12)17-9-5-4-6-19(2)8-9/h7,9H,3-6,8H2,1-2H3,(H2,16,17,18). The van der Waals surface area contributed by atoms with Crippen LogP contribution in [0.15, 0.2) is 6.07 Å². The Balaban J connectivity index is 2.12. The molecule has 2 heterocycles. The molecule has 0 spiro atoms. The van der Waals surface area contributed by atoms with Crippen molar-refractivity contribution in [2.24, 2.45) is 0 Å². The van der Waals surface area contributed by atoms with Gasteiger partial charge in [-0.05, 0) is 33.4 Å². The van der Waals surface area contributed by atoms with Crippen LogP contribution in [-0.2, 0) is 0 Å². The van der Waals surface area contributed by atoms with Crippen LogP contribution in [0.5, 0.6) is 0 Å². The van der Waals surface area contributed by atoms with E-state index in [0.717, 1.165) is 32.0 Å². The molecule has 0 aromatic carbocycles. The van der Waals surface area contributed by atoms with Gasteiger partial charge in [0.2, 0.25) is 0 Å². The Morgan fingerprint density at radius 3 is 2.79 bits per heavy atom. The first kappa shape index (κ1) is 14.0. The molecule has 106 valence electrons. The zero-order valence-electron chi connectivity index (χ0n) is 11.3. The summed E-state index contributed by atoms with van der Waals surface area (Å²) in [7, 11) is 2.03. The number of likely N-dealkylation sites (tertiary alicyclic amines) is 1. The first-order valence-corrected chi connectivity index (χ1v) is 6.65. The number of piperidine rings is 1. The summed E-state index contributed by atoms with van der Waals surface area (Å²) in [4.78, 5) is 6.18. The Hall–Kier alpha value is -1.43. The Kier molecular flexibility index (Phi) is 4.52. The maximum absolute atomic E-state index is 13.7. The van der Waals surface area contributed by atoms with E-state index in [-0.39, 0.29) is 17.7 Å². The number of halogens is 2. The second-order valence-electron chi connectivity index (χ2n) is 4.93. The van der Waals surface area contributed by atoms with Crippen molar-refractivity contribution in [3.05, 3.63) is 17.7 Å². The third kappa shape index (κ3) is 3.53. The van der Waals surface area contributed by atoms with E-state index >= 15 is 0 Å². The number of nitrogens with one attached hydrogen (secondary N) is 2. The third-order valence-corrected chi connectivity index (χ3v) is 3.24. The van der Waals surface area contributed by atoms with E-state index in [9.17, 15) is 8.78 Å². The fourth-order valence-corrected chi connectivity index (χ4v) is 2.34. The predicted octanol–water partition coefficient (Wildman–Crippen LogP) is 2.30. The van der Waals surface area contributed by atoms with Crippen LogP contribution in [0.1, 0.15) is 19.8 Å². The monoisotopic (exact) mass is 270 g/mol. The minimum atomic E-state index is -0.661. The average Bonchev–Trinajstić information content (AvgIpc) is 2.35. The van der Waals surface area contributed by atoms with E-state index in [2.05, 4.69) is 20.5 Å². The number of hydrogen-bond donors (Lipinski definition) is 2. The topological polar surface area (TPSA) is 40.2 Å². The molecular weight excluding hydrogens is 250 g/mol. The van der Waals surface area contributed by atoms with Crippen molar-refractivity contribution in [1.29, 1.82) is 0 Å². The molecule has 0 amide bonds. The summed E-state index contributed by atoms with van der Waals surface area (Å²) in [6, 6.07) is 1.03. The molecule has 1 aliphatic heterocycles. The van der Waals surface area contributed by atoms with Gasteiger partial charge < -0.3 is 15.5 Å². The third-order valence-electron chi connectivity index (χ3n) is 3.24. The highest BCUT2D eigenvalue weighted by atomic mass is 19.1. The maximum Gasteiger partial charge on any atom is 0.168 e. The van der Waals surface area contributed by atoms with Crippen molar-refractivity contribution in [2.75, 3.05) is 37.3 Å². The molecule has 4 nitrogen and oxygen atoms in total. The van der Waals surface area contributed by atoms with Gasteiger partial charge in [0.15, 0.2) is 23.3 Å². The number of pyridine rings is 1. The lowest BCUT2D eigenvalue weighted by Gasteiger charge is -2.30. The molecule has 1 saturated heterocycles. The number of nitrogens with zero attached hydrogens (tertiary/aromatic N) is 2. The molecule has 0 saturated carbocycles. The van der Waals surface area contributed by atoms with E-state index in [1.807, 2.05) is 14.0 Å². The van der Waals surface area contributed by atoms with Crippen LogP contribution in [0.2, 0.25) is 0 Å². The first-order valence-electron chi connectivity index (χ1n) is 6.65.